The Morgan fingerprint density at radius 2 is 2.14 bits per heavy atom. The van der Waals surface area contributed by atoms with Gasteiger partial charge in [0.15, 0.2) is 0 Å². The number of aryl methyl sites for hydroxylation is 1. The van der Waals surface area contributed by atoms with Crippen molar-refractivity contribution in [1.29, 1.82) is 0 Å². The van der Waals surface area contributed by atoms with Crippen LogP contribution in [0.5, 0.6) is 0 Å². The summed E-state index contributed by atoms with van der Waals surface area (Å²) < 4.78 is 26.9. The van der Waals surface area contributed by atoms with Crippen molar-refractivity contribution >= 4 is 27.3 Å². The third kappa shape index (κ3) is 4.24. The molecule has 0 aliphatic carbocycles. The van der Waals surface area contributed by atoms with E-state index in [2.05, 4.69) is 14.9 Å². The van der Waals surface area contributed by atoms with Crippen molar-refractivity contribution in [3.63, 3.8) is 0 Å². The highest BCUT2D eigenvalue weighted by atomic mass is 32.2. The Morgan fingerprint density at radius 3 is 2.71 bits per heavy atom. The smallest absolute Gasteiger partial charge is 0.345 e. The maximum atomic E-state index is 12.2. The van der Waals surface area contributed by atoms with Gasteiger partial charge in [-0.25, -0.2) is 17.9 Å². The highest BCUT2D eigenvalue weighted by Gasteiger charge is 2.22. The summed E-state index contributed by atoms with van der Waals surface area (Å²) in [5, 5.41) is 12.2. The van der Waals surface area contributed by atoms with Crippen LogP contribution in [0.15, 0.2) is 11.0 Å². The topological polar surface area (TPSA) is 98.7 Å². The number of carboxylic acids is 1. The quantitative estimate of drug-likeness (QED) is 0.674. The Bertz CT molecular complexity index is 606. The van der Waals surface area contributed by atoms with E-state index in [-0.39, 0.29) is 9.77 Å². The molecule has 1 aliphatic heterocycles. The Labute approximate surface area is 128 Å². The summed E-state index contributed by atoms with van der Waals surface area (Å²) in [4.78, 5) is 13.7. The predicted molar refractivity (Wildman–Crippen MR) is 80.5 cm³/mol. The van der Waals surface area contributed by atoms with Crippen molar-refractivity contribution in [2.75, 3.05) is 39.3 Å². The number of nitrogens with one attached hydrogen (secondary N) is 2. The van der Waals surface area contributed by atoms with Crippen molar-refractivity contribution in [2.24, 2.45) is 0 Å². The molecule has 118 valence electrons. The van der Waals surface area contributed by atoms with Crippen LogP contribution in [-0.2, 0) is 10.0 Å². The van der Waals surface area contributed by atoms with Gasteiger partial charge in [-0.3, -0.25) is 4.90 Å². The largest absolute Gasteiger partial charge is 0.477 e. The van der Waals surface area contributed by atoms with E-state index in [9.17, 15) is 13.2 Å². The average Bonchev–Trinajstić information content (AvgIpc) is 2.83. The molecule has 0 unspecified atom stereocenters. The molecule has 1 aromatic heterocycles. The number of thiophene rings is 1. The zero-order chi connectivity index (χ0) is 15.5. The predicted octanol–water partition coefficient (Wildman–Crippen LogP) is -0.0618. The average molecular weight is 333 g/mol. The number of sulfonamides is 1. The summed E-state index contributed by atoms with van der Waals surface area (Å²) in [6.45, 7) is 6.22. The van der Waals surface area contributed by atoms with Gasteiger partial charge in [0.1, 0.15) is 4.88 Å². The first-order valence-corrected chi connectivity index (χ1v) is 8.96. The van der Waals surface area contributed by atoms with Gasteiger partial charge in [-0.05, 0) is 13.0 Å². The Morgan fingerprint density at radius 1 is 1.48 bits per heavy atom. The number of hydrogen-bond acceptors (Lipinski definition) is 6. The first-order chi connectivity index (χ1) is 9.90. The fourth-order valence-electron chi connectivity index (χ4n) is 2.19. The summed E-state index contributed by atoms with van der Waals surface area (Å²) in [7, 11) is -3.65. The zero-order valence-corrected chi connectivity index (χ0v) is 13.4. The first-order valence-electron chi connectivity index (χ1n) is 6.66. The van der Waals surface area contributed by atoms with E-state index in [4.69, 9.17) is 5.11 Å². The first kappa shape index (κ1) is 16.4. The number of nitrogens with zero attached hydrogens (tertiary/aromatic N) is 1. The lowest BCUT2D eigenvalue weighted by molar-refractivity contribution is 0.0702. The summed E-state index contributed by atoms with van der Waals surface area (Å²) in [6.07, 6.45) is 0. The maximum Gasteiger partial charge on any atom is 0.345 e. The molecule has 0 bridgehead atoms. The van der Waals surface area contributed by atoms with Crippen molar-refractivity contribution < 1.29 is 18.3 Å². The van der Waals surface area contributed by atoms with Crippen LogP contribution in [0.1, 0.15) is 14.5 Å². The normalized spacial score (nSPS) is 17.0. The molecule has 1 aromatic rings. The van der Waals surface area contributed by atoms with Crippen molar-refractivity contribution in [2.45, 2.75) is 11.8 Å². The molecule has 2 rings (SSSR count). The summed E-state index contributed by atoms with van der Waals surface area (Å²) >= 11 is 0.973. The van der Waals surface area contributed by atoms with Crippen LogP contribution in [0.4, 0.5) is 0 Å². The third-order valence-corrected chi connectivity index (χ3v) is 6.06. The van der Waals surface area contributed by atoms with Gasteiger partial charge >= 0.3 is 5.97 Å². The second-order valence-electron chi connectivity index (χ2n) is 4.83. The van der Waals surface area contributed by atoms with Crippen LogP contribution >= 0.6 is 11.3 Å². The lowest BCUT2D eigenvalue weighted by atomic mass is 10.3. The number of hydrogen-bond donors (Lipinski definition) is 3. The Balaban J connectivity index is 1.96. The number of rotatable bonds is 6. The van der Waals surface area contributed by atoms with E-state index >= 15 is 0 Å². The molecule has 3 N–H and O–H groups in total. The van der Waals surface area contributed by atoms with E-state index in [1.165, 1.54) is 6.07 Å². The van der Waals surface area contributed by atoms with E-state index in [0.29, 0.717) is 18.0 Å². The molecule has 0 radical (unpaired) electrons. The van der Waals surface area contributed by atoms with Gasteiger partial charge in [-0.2, -0.15) is 0 Å². The van der Waals surface area contributed by atoms with Gasteiger partial charge < -0.3 is 10.4 Å². The zero-order valence-electron chi connectivity index (χ0n) is 11.8. The molecular weight excluding hydrogens is 314 g/mol. The van der Waals surface area contributed by atoms with Gasteiger partial charge in [0.25, 0.3) is 0 Å². The summed E-state index contributed by atoms with van der Waals surface area (Å²) in [5.41, 5.74) is 0. The van der Waals surface area contributed by atoms with E-state index in [1.807, 2.05) is 0 Å². The second-order valence-corrected chi connectivity index (χ2v) is 7.82. The van der Waals surface area contributed by atoms with Crippen molar-refractivity contribution in [1.82, 2.24) is 14.9 Å². The SMILES string of the molecule is Cc1sc(C(=O)O)cc1S(=O)(=O)NCCN1CCNCC1. The van der Waals surface area contributed by atoms with Crippen LogP contribution in [0, 0.1) is 6.92 Å². The van der Waals surface area contributed by atoms with Crippen LogP contribution < -0.4 is 10.0 Å². The molecule has 0 amide bonds. The van der Waals surface area contributed by atoms with Crippen LogP contribution in [0.3, 0.4) is 0 Å². The number of carboxylic acid groups (broad SMARTS) is 1. The standard InChI is InChI=1S/C12H19N3O4S2/c1-9-11(8-10(20-9)12(16)17)21(18,19)14-4-7-15-5-2-13-3-6-15/h8,13-14H,2-7H2,1H3,(H,16,17). The molecule has 0 spiro atoms. The highest BCUT2D eigenvalue weighted by molar-refractivity contribution is 7.89. The van der Waals surface area contributed by atoms with Gasteiger partial charge in [0.05, 0.1) is 4.90 Å². The van der Waals surface area contributed by atoms with Crippen molar-refractivity contribution in [3.8, 4) is 0 Å². The lowest BCUT2D eigenvalue weighted by Crippen LogP contribution is -2.46. The number of aromatic carboxylic acids is 1. The highest BCUT2D eigenvalue weighted by Crippen LogP contribution is 2.25. The van der Waals surface area contributed by atoms with Gasteiger partial charge in [0, 0.05) is 44.1 Å². The Hall–Kier alpha value is -1.00. The summed E-state index contributed by atoms with van der Waals surface area (Å²) in [6, 6.07) is 1.22. The van der Waals surface area contributed by atoms with E-state index < -0.39 is 16.0 Å². The molecule has 7 nitrogen and oxygen atoms in total. The monoisotopic (exact) mass is 333 g/mol. The molecule has 0 saturated carbocycles. The fourth-order valence-corrected chi connectivity index (χ4v) is 4.64. The molecule has 9 heteroatoms. The molecule has 1 aliphatic rings. The molecule has 2 heterocycles. The van der Waals surface area contributed by atoms with Crippen LogP contribution in [0.2, 0.25) is 0 Å². The van der Waals surface area contributed by atoms with Gasteiger partial charge in [0.2, 0.25) is 10.0 Å². The molecule has 21 heavy (non-hydrogen) atoms. The number of carbonyl (C=O) groups is 1. The minimum Gasteiger partial charge on any atom is -0.477 e. The molecule has 0 atom stereocenters. The van der Waals surface area contributed by atoms with Crippen LogP contribution in [0.25, 0.3) is 0 Å². The third-order valence-electron chi connectivity index (χ3n) is 3.30. The minimum absolute atomic E-state index is 0.0370. The Kier molecular flexibility index (Phi) is 5.33. The van der Waals surface area contributed by atoms with E-state index in [1.54, 1.807) is 6.92 Å². The minimum atomic E-state index is -3.65. The van der Waals surface area contributed by atoms with Crippen molar-refractivity contribution in [3.05, 3.63) is 15.8 Å². The second kappa shape index (κ2) is 6.84. The number of piperazine rings is 1. The lowest BCUT2D eigenvalue weighted by Gasteiger charge is -2.27. The summed E-state index contributed by atoms with van der Waals surface area (Å²) in [5.74, 6) is -1.11. The molecule has 1 saturated heterocycles. The molecule has 1 fully saturated rings. The molecular formula is C12H19N3O4S2. The molecule has 0 aromatic carbocycles. The van der Waals surface area contributed by atoms with Gasteiger partial charge in [-0.15, -0.1) is 11.3 Å². The van der Waals surface area contributed by atoms with Crippen LogP contribution in [-0.4, -0.2) is 63.7 Å². The van der Waals surface area contributed by atoms with Gasteiger partial charge in [-0.1, -0.05) is 0 Å². The fraction of sp³-hybridized carbons (Fsp3) is 0.583. The maximum absolute atomic E-state index is 12.2. The van der Waals surface area contributed by atoms with E-state index in [0.717, 1.165) is 37.5 Å².